The van der Waals surface area contributed by atoms with Crippen LogP contribution in [0.5, 0.6) is 0 Å². The van der Waals surface area contributed by atoms with Gasteiger partial charge in [0.25, 0.3) is 0 Å². The van der Waals surface area contributed by atoms with Crippen LogP contribution >= 0.6 is 0 Å². The quantitative estimate of drug-likeness (QED) is 0.714. The Morgan fingerprint density at radius 2 is 1.86 bits per heavy atom. The molecule has 0 aromatic carbocycles. The smallest absolute Gasteiger partial charge is 0.177 e. The number of sulfone groups is 1. The van der Waals surface area contributed by atoms with E-state index in [1.54, 1.807) is 12.3 Å². The van der Waals surface area contributed by atoms with Crippen LogP contribution in [0.4, 0.5) is 0 Å². The molecule has 0 saturated carbocycles. The van der Waals surface area contributed by atoms with Gasteiger partial charge in [0, 0.05) is 18.6 Å². The van der Waals surface area contributed by atoms with Gasteiger partial charge in [0.2, 0.25) is 0 Å². The minimum absolute atomic E-state index is 0.179. The Bertz CT molecular complexity index is 430. The minimum atomic E-state index is -3.18. The van der Waals surface area contributed by atoms with Crippen LogP contribution in [0.25, 0.3) is 0 Å². The van der Waals surface area contributed by atoms with Crippen molar-refractivity contribution >= 4 is 9.84 Å². The summed E-state index contributed by atoms with van der Waals surface area (Å²) in [6.07, 6.45) is 4.24. The van der Waals surface area contributed by atoms with E-state index in [9.17, 15) is 8.42 Å². The van der Waals surface area contributed by atoms with Crippen molar-refractivity contribution in [2.75, 3.05) is 6.26 Å². The second-order valence-corrected chi connectivity index (χ2v) is 6.38. The van der Waals surface area contributed by atoms with Crippen molar-refractivity contribution in [2.45, 2.75) is 31.1 Å². The molecule has 0 N–H and O–H groups in total. The van der Waals surface area contributed by atoms with Gasteiger partial charge in [0.05, 0.1) is 4.90 Å². The van der Waals surface area contributed by atoms with E-state index in [-0.39, 0.29) is 5.41 Å². The lowest BCUT2D eigenvalue weighted by Gasteiger charge is -2.21. The second-order valence-electron chi connectivity index (χ2n) is 4.39. The van der Waals surface area contributed by atoms with Crippen molar-refractivity contribution in [1.29, 1.82) is 0 Å². The molecule has 0 aliphatic rings. The van der Waals surface area contributed by atoms with Crippen molar-refractivity contribution in [3.63, 3.8) is 0 Å². The van der Waals surface area contributed by atoms with Gasteiger partial charge in [-0.3, -0.25) is 4.98 Å². The van der Waals surface area contributed by atoms with Crippen molar-refractivity contribution in [1.82, 2.24) is 4.98 Å². The highest BCUT2D eigenvalue weighted by Gasteiger charge is 2.22. The van der Waals surface area contributed by atoms with Crippen LogP contribution in [0.15, 0.2) is 23.4 Å². The number of nitrogens with zero attached hydrogens (tertiary/aromatic N) is 1. The largest absolute Gasteiger partial charge is 0.263 e. The number of hydrogen-bond acceptors (Lipinski definition) is 3. The molecule has 3 nitrogen and oxygen atoms in total. The fourth-order valence-electron chi connectivity index (χ4n) is 1.30. The molecule has 0 aliphatic carbocycles. The lowest BCUT2D eigenvalue weighted by atomic mass is 9.88. The summed E-state index contributed by atoms with van der Waals surface area (Å²) in [5.74, 6) is 0. The standard InChI is InChI=1S/C10H15NO2S/c1-10(2,3)8-5-6-11-7-9(8)14(4,12)13/h5-7H,1-4H3. The molecule has 1 heterocycles. The summed E-state index contributed by atoms with van der Waals surface area (Å²) in [4.78, 5) is 4.17. The Kier molecular flexibility index (Phi) is 2.67. The minimum Gasteiger partial charge on any atom is -0.263 e. The van der Waals surface area contributed by atoms with E-state index in [0.29, 0.717) is 4.90 Å². The molecule has 1 rings (SSSR count). The molecule has 0 unspecified atom stereocenters. The molecular weight excluding hydrogens is 198 g/mol. The lowest BCUT2D eigenvalue weighted by molar-refractivity contribution is 0.562. The Balaban J connectivity index is 3.47. The van der Waals surface area contributed by atoms with E-state index < -0.39 is 9.84 Å². The highest BCUT2D eigenvalue weighted by molar-refractivity contribution is 7.90. The van der Waals surface area contributed by atoms with Crippen LogP contribution < -0.4 is 0 Å². The maximum absolute atomic E-state index is 11.5. The third-order valence-electron chi connectivity index (χ3n) is 1.99. The van der Waals surface area contributed by atoms with Gasteiger partial charge in [0.1, 0.15) is 0 Å². The van der Waals surface area contributed by atoms with E-state index in [1.165, 1.54) is 12.5 Å². The number of pyridine rings is 1. The molecule has 0 spiro atoms. The number of rotatable bonds is 1. The van der Waals surface area contributed by atoms with Gasteiger partial charge in [-0.15, -0.1) is 0 Å². The summed E-state index contributed by atoms with van der Waals surface area (Å²) in [7, 11) is -3.18. The number of aromatic nitrogens is 1. The predicted octanol–water partition coefficient (Wildman–Crippen LogP) is 1.78. The van der Waals surface area contributed by atoms with E-state index in [1.807, 2.05) is 20.8 Å². The predicted molar refractivity (Wildman–Crippen MR) is 56.0 cm³/mol. The van der Waals surface area contributed by atoms with Gasteiger partial charge in [-0.05, 0) is 17.0 Å². The molecule has 78 valence electrons. The summed E-state index contributed by atoms with van der Waals surface area (Å²) in [6, 6.07) is 1.76. The molecule has 1 aromatic heterocycles. The first-order chi connectivity index (χ1) is 6.23. The Labute approximate surface area is 85.1 Å². The van der Waals surface area contributed by atoms with Crippen molar-refractivity contribution < 1.29 is 8.42 Å². The van der Waals surface area contributed by atoms with Crippen LogP contribution in [0.2, 0.25) is 0 Å². The topological polar surface area (TPSA) is 47.0 Å². The fourth-order valence-corrected chi connectivity index (χ4v) is 2.32. The van der Waals surface area contributed by atoms with E-state index >= 15 is 0 Å². The molecule has 14 heavy (non-hydrogen) atoms. The first-order valence-electron chi connectivity index (χ1n) is 4.37. The molecule has 0 bridgehead atoms. The zero-order chi connectivity index (χ0) is 11.0. The Hall–Kier alpha value is -0.900. The van der Waals surface area contributed by atoms with Gasteiger partial charge in [-0.2, -0.15) is 0 Å². The SMILES string of the molecule is CC(C)(C)c1ccncc1S(C)(=O)=O. The van der Waals surface area contributed by atoms with E-state index in [0.717, 1.165) is 5.56 Å². The molecular formula is C10H15NO2S. The van der Waals surface area contributed by atoms with Gasteiger partial charge in [-0.25, -0.2) is 8.42 Å². The van der Waals surface area contributed by atoms with Gasteiger partial charge in [-0.1, -0.05) is 20.8 Å². The van der Waals surface area contributed by atoms with Crippen LogP contribution in [-0.4, -0.2) is 19.7 Å². The van der Waals surface area contributed by atoms with Gasteiger partial charge < -0.3 is 0 Å². The summed E-state index contributed by atoms with van der Waals surface area (Å²) >= 11 is 0. The second kappa shape index (κ2) is 3.35. The summed E-state index contributed by atoms with van der Waals surface area (Å²) in [5, 5.41) is 0. The number of hydrogen-bond donors (Lipinski definition) is 0. The fraction of sp³-hybridized carbons (Fsp3) is 0.500. The highest BCUT2D eigenvalue weighted by atomic mass is 32.2. The molecule has 0 amide bonds. The summed E-state index contributed by atoms with van der Waals surface area (Å²) in [5.41, 5.74) is 0.636. The average Bonchev–Trinajstić information content (AvgIpc) is 2.01. The third kappa shape index (κ3) is 2.32. The lowest BCUT2D eigenvalue weighted by Crippen LogP contribution is -2.16. The van der Waals surface area contributed by atoms with Gasteiger partial charge in [0.15, 0.2) is 9.84 Å². The molecule has 1 aromatic rings. The molecule has 0 saturated heterocycles. The molecule has 0 radical (unpaired) electrons. The summed E-state index contributed by atoms with van der Waals surface area (Å²) in [6.45, 7) is 5.95. The normalized spacial score (nSPS) is 12.9. The van der Waals surface area contributed by atoms with Crippen molar-refractivity contribution in [3.05, 3.63) is 24.0 Å². The molecule has 0 atom stereocenters. The van der Waals surface area contributed by atoms with Crippen LogP contribution in [0.3, 0.4) is 0 Å². The first-order valence-corrected chi connectivity index (χ1v) is 6.26. The molecule has 0 fully saturated rings. The molecule has 0 aliphatic heterocycles. The zero-order valence-electron chi connectivity index (χ0n) is 8.90. The third-order valence-corrected chi connectivity index (χ3v) is 3.12. The maximum Gasteiger partial charge on any atom is 0.177 e. The molecule has 4 heteroatoms. The zero-order valence-corrected chi connectivity index (χ0v) is 9.72. The van der Waals surface area contributed by atoms with E-state index in [2.05, 4.69) is 4.98 Å². The average molecular weight is 213 g/mol. The van der Waals surface area contributed by atoms with Crippen LogP contribution in [0, 0.1) is 0 Å². The Morgan fingerprint density at radius 3 is 2.21 bits per heavy atom. The van der Waals surface area contributed by atoms with Crippen molar-refractivity contribution in [2.24, 2.45) is 0 Å². The monoisotopic (exact) mass is 213 g/mol. The van der Waals surface area contributed by atoms with Crippen LogP contribution in [-0.2, 0) is 15.3 Å². The first kappa shape index (κ1) is 11.2. The Morgan fingerprint density at radius 1 is 1.29 bits per heavy atom. The van der Waals surface area contributed by atoms with Crippen molar-refractivity contribution in [3.8, 4) is 0 Å². The van der Waals surface area contributed by atoms with Gasteiger partial charge >= 0.3 is 0 Å². The van der Waals surface area contributed by atoms with E-state index in [4.69, 9.17) is 0 Å². The summed E-state index contributed by atoms with van der Waals surface area (Å²) < 4.78 is 22.9. The highest BCUT2D eigenvalue weighted by Crippen LogP contribution is 2.27. The maximum atomic E-state index is 11.5. The van der Waals surface area contributed by atoms with Crippen LogP contribution in [0.1, 0.15) is 26.3 Å².